The molecule has 0 unspecified atom stereocenters. The van der Waals surface area contributed by atoms with E-state index in [1.807, 2.05) is 32.4 Å². The van der Waals surface area contributed by atoms with Gasteiger partial charge in [-0.3, -0.25) is 9.48 Å². The van der Waals surface area contributed by atoms with Gasteiger partial charge in [-0.25, -0.2) is 4.98 Å². The zero-order valence-electron chi connectivity index (χ0n) is 13.0. The van der Waals surface area contributed by atoms with Gasteiger partial charge in [-0.05, 0) is 39.8 Å². The maximum Gasteiger partial charge on any atom is 0.261 e. The Balaban J connectivity index is 2.32. The zero-order chi connectivity index (χ0) is 15.6. The standard InChI is InChI=1S/C15H20N4O2/c1-6-19-11(4)13(10(3)18-19)17-14(20)12-8-7-9(2)16-15(12)21-5/h7-8H,6H2,1-5H3,(H,17,20). The van der Waals surface area contributed by atoms with Crippen molar-refractivity contribution in [3.63, 3.8) is 0 Å². The molecule has 0 bridgehead atoms. The molecule has 6 nitrogen and oxygen atoms in total. The van der Waals surface area contributed by atoms with Gasteiger partial charge >= 0.3 is 0 Å². The molecule has 0 saturated heterocycles. The summed E-state index contributed by atoms with van der Waals surface area (Å²) < 4.78 is 7.04. The predicted molar refractivity (Wildman–Crippen MR) is 80.9 cm³/mol. The van der Waals surface area contributed by atoms with Crippen LogP contribution in [0.25, 0.3) is 0 Å². The second kappa shape index (κ2) is 5.95. The lowest BCUT2D eigenvalue weighted by Crippen LogP contribution is -2.15. The first kappa shape index (κ1) is 15.0. The van der Waals surface area contributed by atoms with Gasteiger partial charge in [-0.15, -0.1) is 0 Å². The van der Waals surface area contributed by atoms with Crippen LogP contribution < -0.4 is 10.1 Å². The highest BCUT2D eigenvalue weighted by molar-refractivity contribution is 6.06. The Hall–Kier alpha value is -2.37. The molecule has 0 saturated carbocycles. The molecule has 1 amide bonds. The molecule has 2 aromatic heterocycles. The van der Waals surface area contributed by atoms with Gasteiger partial charge in [0, 0.05) is 12.2 Å². The second-order valence-corrected chi connectivity index (χ2v) is 4.83. The Morgan fingerprint density at radius 3 is 2.62 bits per heavy atom. The Labute approximate surface area is 124 Å². The minimum absolute atomic E-state index is 0.249. The van der Waals surface area contributed by atoms with Crippen molar-refractivity contribution >= 4 is 11.6 Å². The smallest absolute Gasteiger partial charge is 0.261 e. The van der Waals surface area contributed by atoms with Crippen LogP contribution in [0.4, 0.5) is 5.69 Å². The SMILES string of the molecule is CCn1nc(C)c(NC(=O)c2ccc(C)nc2OC)c1C. The summed E-state index contributed by atoms with van der Waals surface area (Å²) in [6, 6.07) is 3.50. The van der Waals surface area contributed by atoms with E-state index < -0.39 is 0 Å². The van der Waals surface area contributed by atoms with Crippen LogP contribution in [0.2, 0.25) is 0 Å². The first-order valence-corrected chi connectivity index (χ1v) is 6.84. The normalized spacial score (nSPS) is 10.5. The highest BCUT2D eigenvalue weighted by Gasteiger charge is 2.18. The molecule has 112 valence electrons. The summed E-state index contributed by atoms with van der Waals surface area (Å²) in [6.45, 7) is 8.43. The average molecular weight is 288 g/mol. The minimum atomic E-state index is -0.249. The molecule has 0 fully saturated rings. The van der Waals surface area contributed by atoms with Crippen LogP contribution in [0, 0.1) is 20.8 Å². The van der Waals surface area contributed by atoms with Crippen molar-refractivity contribution in [2.24, 2.45) is 0 Å². The van der Waals surface area contributed by atoms with Gasteiger partial charge in [0.15, 0.2) is 0 Å². The van der Waals surface area contributed by atoms with Gasteiger partial charge in [-0.1, -0.05) is 0 Å². The number of rotatable bonds is 4. The quantitative estimate of drug-likeness (QED) is 0.938. The number of ether oxygens (including phenoxy) is 1. The number of amides is 1. The molecular weight excluding hydrogens is 268 g/mol. The average Bonchev–Trinajstić information content (AvgIpc) is 2.74. The van der Waals surface area contributed by atoms with Gasteiger partial charge in [0.2, 0.25) is 5.88 Å². The van der Waals surface area contributed by atoms with E-state index in [-0.39, 0.29) is 5.91 Å². The Bertz CT molecular complexity index is 677. The Morgan fingerprint density at radius 1 is 1.33 bits per heavy atom. The number of carbonyl (C=O) groups is 1. The number of nitrogens with zero attached hydrogens (tertiary/aromatic N) is 3. The first-order valence-electron chi connectivity index (χ1n) is 6.84. The fraction of sp³-hybridized carbons (Fsp3) is 0.400. The summed E-state index contributed by atoms with van der Waals surface area (Å²) in [6.07, 6.45) is 0. The van der Waals surface area contributed by atoms with Crippen LogP contribution in [0.5, 0.6) is 5.88 Å². The second-order valence-electron chi connectivity index (χ2n) is 4.83. The minimum Gasteiger partial charge on any atom is -0.480 e. The number of pyridine rings is 1. The monoisotopic (exact) mass is 288 g/mol. The molecule has 0 aliphatic heterocycles. The summed E-state index contributed by atoms with van der Waals surface area (Å²) in [4.78, 5) is 16.7. The summed E-state index contributed by atoms with van der Waals surface area (Å²) in [5.41, 5.74) is 3.68. The Kier molecular flexibility index (Phi) is 4.26. The number of carbonyl (C=O) groups excluding carboxylic acids is 1. The van der Waals surface area contributed by atoms with Crippen LogP contribution in [-0.4, -0.2) is 27.8 Å². The van der Waals surface area contributed by atoms with E-state index >= 15 is 0 Å². The molecule has 2 heterocycles. The highest BCUT2D eigenvalue weighted by atomic mass is 16.5. The molecule has 2 rings (SSSR count). The van der Waals surface area contributed by atoms with Gasteiger partial charge in [0.1, 0.15) is 5.56 Å². The lowest BCUT2D eigenvalue weighted by molar-refractivity contribution is 0.102. The lowest BCUT2D eigenvalue weighted by Gasteiger charge is -2.09. The van der Waals surface area contributed by atoms with E-state index in [1.165, 1.54) is 7.11 Å². The van der Waals surface area contributed by atoms with E-state index in [0.717, 1.165) is 29.3 Å². The number of aromatic nitrogens is 3. The number of anilines is 1. The molecular formula is C15H20N4O2. The molecule has 0 aliphatic carbocycles. The fourth-order valence-corrected chi connectivity index (χ4v) is 2.23. The summed E-state index contributed by atoms with van der Waals surface area (Å²) in [5.74, 6) is 0.0758. The first-order chi connectivity index (χ1) is 9.97. The lowest BCUT2D eigenvalue weighted by atomic mass is 10.2. The summed E-state index contributed by atoms with van der Waals surface area (Å²) in [7, 11) is 1.50. The molecule has 1 N–H and O–H groups in total. The molecule has 21 heavy (non-hydrogen) atoms. The number of hydrogen-bond donors (Lipinski definition) is 1. The van der Waals surface area contributed by atoms with E-state index in [1.54, 1.807) is 12.1 Å². The largest absolute Gasteiger partial charge is 0.480 e. The van der Waals surface area contributed by atoms with Crippen LogP contribution >= 0.6 is 0 Å². The van der Waals surface area contributed by atoms with Crippen LogP contribution in [-0.2, 0) is 6.54 Å². The number of methoxy groups -OCH3 is 1. The molecule has 0 aromatic carbocycles. The molecule has 6 heteroatoms. The Morgan fingerprint density at radius 2 is 2.05 bits per heavy atom. The predicted octanol–water partition coefficient (Wildman–Crippen LogP) is 2.48. The third-order valence-corrected chi connectivity index (χ3v) is 3.36. The van der Waals surface area contributed by atoms with Crippen LogP contribution in [0.3, 0.4) is 0 Å². The maximum atomic E-state index is 12.4. The number of nitrogens with one attached hydrogen (secondary N) is 1. The van der Waals surface area contributed by atoms with Gasteiger partial charge in [0.05, 0.1) is 24.2 Å². The van der Waals surface area contributed by atoms with Crippen molar-refractivity contribution in [1.82, 2.24) is 14.8 Å². The highest BCUT2D eigenvalue weighted by Crippen LogP contribution is 2.22. The van der Waals surface area contributed by atoms with Crippen molar-refractivity contribution in [2.75, 3.05) is 12.4 Å². The third kappa shape index (κ3) is 2.89. The van der Waals surface area contributed by atoms with E-state index in [4.69, 9.17) is 4.74 Å². The van der Waals surface area contributed by atoms with Crippen molar-refractivity contribution in [3.05, 3.63) is 34.8 Å². The van der Waals surface area contributed by atoms with E-state index in [0.29, 0.717) is 11.4 Å². The summed E-state index contributed by atoms with van der Waals surface area (Å²) >= 11 is 0. The van der Waals surface area contributed by atoms with Crippen LogP contribution in [0.1, 0.15) is 34.4 Å². The van der Waals surface area contributed by atoms with Crippen molar-refractivity contribution in [1.29, 1.82) is 0 Å². The topological polar surface area (TPSA) is 69.0 Å². The van der Waals surface area contributed by atoms with Gasteiger partial charge in [-0.2, -0.15) is 5.10 Å². The number of hydrogen-bond acceptors (Lipinski definition) is 4. The molecule has 0 radical (unpaired) electrons. The third-order valence-electron chi connectivity index (χ3n) is 3.36. The number of aryl methyl sites for hydroxylation is 3. The van der Waals surface area contributed by atoms with Crippen molar-refractivity contribution in [2.45, 2.75) is 34.2 Å². The van der Waals surface area contributed by atoms with Crippen molar-refractivity contribution < 1.29 is 9.53 Å². The maximum absolute atomic E-state index is 12.4. The molecule has 0 atom stereocenters. The summed E-state index contributed by atoms with van der Waals surface area (Å²) in [5, 5.41) is 7.29. The zero-order valence-corrected chi connectivity index (χ0v) is 13.0. The molecule has 2 aromatic rings. The molecule has 0 spiro atoms. The molecule has 0 aliphatic rings. The van der Waals surface area contributed by atoms with E-state index in [9.17, 15) is 4.79 Å². The van der Waals surface area contributed by atoms with Crippen LogP contribution in [0.15, 0.2) is 12.1 Å². The fourth-order valence-electron chi connectivity index (χ4n) is 2.23. The van der Waals surface area contributed by atoms with Crippen molar-refractivity contribution in [3.8, 4) is 5.88 Å². The van der Waals surface area contributed by atoms with E-state index in [2.05, 4.69) is 15.4 Å². The van der Waals surface area contributed by atoms with Gasteiger partial charge < -0.3 is 10.1 Å². The van der Waals surface area contributed by atoms with Gasteiger partial charge in [0.25, 0.3) is 5.91 Å².